The smallest absolute Gasteiger partial charge is 0.250 e. The monoisotopic (exact) mass is 342 g/mol. The lowest BCUT2D eigenvalue weighted by molar-refractivity contribution is -0.123. The van der Waals surface area contributed by atoms with E-state index in [-0.39, 0.29) is 17.9 Å². The lowest BCUT2D eigenvalue weighted by Crippen LogP contribution is -2.49. The molecule has 2 amide bonds. The van der Waals surface area contributed by atoms with Crippen molar-refractivity contribution in [1.29, 1.82) is 0 Å². The molecule has 1 heterocycles. The van der Waals surface area contributed by atoms with Crippen molar-refractivity contribution in [2.24, 2.45) is 0 Å². The molecule has 0 saturated carbocycles. The summed E-state index contributed by atoms with van der Waals surface area (Å²) in [7, 11) is 0. The number of amides is 2. The largest absolute Gasteiger partial charge is 0.354 e. The number of hydrogen-bond acceptors (Lipinski definition) is 3. The third kappa shape index (κ3) is 5.87. The van der Waals surface area contributed by atoms with Crippen LogP contribution in [0.1, 0.15) is 49.4 Å². The highest BCUT2D eigenvalue weighted by Crippen LogP contribution is 2.15. The first-order valence-corrected chi connectivity index (χ1v) is 8.93. The average molecular weight is 342 g/mol. The standard InChI is InChI=1S/C19H26N4O2/c1-3-4-10-22-19(25)17(13-16-9-6-11-21-16)23-18(24)14-7-5-8-15(12-14)20-2/h5,7-8,12,16-17,21H,3-4,6,9-11,13H2,1H3,(H,22,25)(H,23,24). The van der Waals surface area contributed by atoms with E-state index in [1.54, 1.807) is 24.3 Å². The van der Waals surface area contributed by atoms with Crippen LogP contribution in [-0.4, -0.2) is 37.0 Å². The first kappa shape index (κ1) is 18.9. The van der Waals surface area contributed by atoms with Gasteiger partial charge in [-0.2, -0.15) is 0 Å². The van der Waals surface area contributed by atoms with Gasteiger partial charge in [0.2, 0.25) is 5.91 Å². The van der Waals surface area contributed by atoms with E-state index in [4.69, 9.17) is 6.57 Å². The number of carbonyl (C=O) groups is 2. The number of carbonyl (C=O) groups excluding carboxylic acids is 2. The maximum atomic E-state index is 12.5. The SMILES string of the molecule is [C-]#[N+]c1cccc(C(=O)NC(CC2CCCN2)C(=O)NCCCC)c1. The Balaban J connectivity index is 2.03. The van der Waals surface area contributed by atoms with Gasteiger partial charge < -0.3 is 16.0 Å². The molecule has 1 aromatic rings. The molecule has 1 saturated heterocycles. The normalized spacial score (nSPS) is 17.5. The summed E-state index contributed by atoms with van der Waals surface area (Å²) in [5.41, 5.74) is 0.813. The van der Waals surface area contributed by atoms with E-state index in [1.807, 2.05) is 0 Å². The topological polar surface area (TPSA) is 74.6 Å². The number of hydrogen-bond donors (Lipinski definition) is 3. The van der Waals surface area contributed by atoms with E-state index in [0.717, 1.165) is 32.2 Å². The molecule has 134 valence electrons. The summed E-state index contributed by atoms with van der Waals surface area (Å²) in [5, 5.41) is 9.12. The van der Waals surface area contributed by atoms with Gasteiger partial charge in [-0.1, -0.05) is 31.5 Å². The fourth-order valence-corrected chi connectivity index (χ4v) is 2.94. The quantitative estimate of drug-likeness (QED) is 0.502. The highest BCUT2D eigenvalue weighted by Gasteiger charge is 2.26. The van der Waals surface area contributed by atoms with Gasteiger partial charge in [-0.15, -0.1) is 0 Å². The molecule has 0 bridgehead atoms. The van der Waals surface area contributed by atoms with Crippen LogP contribution in [0.3, 0.4) is 0 Å². The van der Waals surface area contributed by atoms with Gasteiger partial charge in [0.05, 0.1) is 6.57 Å². The minimum atomic E-state index is -0.573. The second-order valence-corrected chi connectivity index (χ2v) is 6.36. The molecule has 2 rings (SSSR count). The maximum absolute atomic E-state index is 12.5. The second kappa shape index (κ2) is 9.80. The Bertz CT molecular complexity index is 633. The lowest BCUT2D eigenvalue weighted by atomic mass is 10.0. The Hall–Kier alpha value is -2.39. The third-order valence-electron chi connectivity index (χ3n) is 4.37. The highest BCUT2D eigenvalue weighted by atomic mass is 16.2. The molecule has 1 aliphatic rings. The summed E-state index contributed by atoms with van der Waals surface area (Å²) in [6.45, 7) is 10.7. The maximum Gasteiger partial charge on any atom is 0.250 e. The molecule has 2 atom stereocenters. The van der Waals surface area contributed by atoms with Crippen molar-refractivity contribution >= 4 is 17.5 Å². The zero-order valence-electron chi connectivity index (χ0n) is 14.7. The summed E-state index contributed by atoms with van der Waals surface area (Å²) in [5.74, 6) is -0.462. The van der Waals surface area contributed by atoms with Crippen LogP contribution in [0.25, 0.3) is 4.85 Å². The lowest BCUT2D eigenvalue weighted by Gasteiger charge is -2.22. The summed E-state index contributed by atoms with van der Waals surface area (Å²) in [6.07, 6.45) is 4.61. The van der Waals surface area contributed by atoms with Crippen LogP contribution in [-0.2, 0) is 4.79 Å². The van der Waals surface area contributed by atoms with Crippen molar-refractivity contribution in [2.45, 2.75) is 51.1 Å². The van der Waals surface area contributed by atoms with Crippen molar-refractivity contribution in [3.05, 3.63) is 41.2 Å². The predicted molar refractivity (Wildman–Crippen MR) is 97.5 cm³/mol. The minimum Gasteiger partial charge on any atom is -0.354 e. The summed E-state index contributed by atoms with van der Waals surface area (Å²) in [6, 6.07) is 6.21. The van der Waals surface area contributed by atoms with Crippen LogP contribution in [0.15, 0.2) is 24.3 Å². The van der Waals surface area contributed by atoms with Gasteiger partial charge in [0.15, 0.2) is 5.69 Å². The molecule has 1 aliphatic heterocycles. The second-order valence-electron chi connectivity index (χ2n) is 6.36. The van der Waals surface area contributed by atoms with Crippen molar-refractivity contribution in [3.63, 3.8) is 0 Å². The molecule has 0 radical (unpaired) electrons. The van der Waals surface area contributed by atoms with Crippen molar-refractivity contribution in [1.82, 2.24) is 16.0 Å². The number of nitrogens with one attached hydrogen (secondary N) is 3. The Morgan fingerprint density at radius 1 is 1.44 bits per heavy atom. The molecule has 6 heteroatoms. The number of benzene rings is 1. The molecule has 25 heavy (non-hydrogen) atoms. The van der Waals surface area contributed by atoms with E-state index in [0.29, 0.717) is 24.2 Å². The number of unbranched alkanes of at least 4 members (excludes halogenated alkanes) is 1. The van der Waals surface area contributed by atoms with Gasteiger partial charge in [0.1, 0.15) is 6.04 Å². The van der Waals surface area contributed by atoms with Crippen molar-refractivity contribution in [2.75, 3.05) is 13.1 Å². The Kier molecular flexibility index (Phi) is 7.42. The van der Waals surface area contributed by atoms with Crippen molar-refractivity contribution in [3.8, 4) is 0 Å². The summed E-state index contributed by atoms with van der Waals surface area (Å²) in [4.78, 5) is 28.4. The van der Waals surface area contributed by atoms with Crippen LogP contribution in [0, 0.1) is 6.57 Å². The molecular weight excluding hydrogens is 316 g/mol. The molecule has 0 aromatic heterocycles. The first-order valence-electron chi connectivity index (χ1n) is 8.93. The summed E-state index contributed by atoms with van der Waals surface area (Å²) >= 11 is 0. The van der Waals surface area contributed by atoms with Crippen LogP contribution in [0.2, 0.25) is 0 Å². The predicted octanol–water partition coefficient (Wildman–Crippen LogP) is 2.39. The van der Waals surface area contributed by atoms with Gasteiger partial charge in [0.25, 0.3) is 5.91 Å². The third-order valence-corrected chi connectivity index (χ3v) is 4.37. The Morgan fingerprint density at radius 3 is 2.96 bits per heavy atom. The minimum absolute atomic E-state index is 0.142. The molecule has 0 spiro atoms. The number of rotatable bonds is 8. The van der Waals surface area contributed by atoms with E-state index in [1.165, 1.54) is 0 Å². The van der Waals surface area contributed by atoms with E-state index in [9.17, 15) is 9.59 Å². The molecular formula is C19H26N4O2. The van der Waals surface area contributed by atoms with Gasteiger partial charge in [-0.25, -0.2) is 4.85 Å². The zero-order chi connectivity index (χ0) is 18.1. The van der Waals surface area contributed by atoms with Gasteiger partial charge in [-0.05, 0) is 38.3 Å². The molecule has 1 fully saturated rings. The fourth-order valence-electron chi connectivity index (χ4n) is 2.94. The van der Waals surface area contributed by atoms with Crippen LogP contribution < -0.4 is 16.0 Å². The molecule has 2 unspecified atom stereocenters. The molecule has 6 nitrogen and oxygen atoms in total. The molecule has 0 aliphatic carbocycles. The first-order chi connectivity index (χ1) is 12.1. The van der Waals surface area contributed by atoms with E-state index in [2.05, 4.69) is 27.7 Å². The average Bonchev–Trinajstić information content (AvgIpc) is 3.14. The van der Waals surface area contributed by atoms with Crippen LogP contribution in [0.5, 0.6) is 0 Å². The van der Waals surface area contributed by atoms with Crippen LogP contribution in [0.4, 0.5) is 5.69 Å². The van der Waals surface area contributed by atoms with Gasteiger partial charge in [0, 0.05) is 18.2 Å². The van der Waals surface area contributed by atoms with Crippen LogP contribution >= 0.6 is 0 Å². The number of nitrogens with zero attached hydrogens (tertiary/aromatic N) is 1. The van der Waals surface area contributed by atoms with E-state index < -0.39 is 6.04 Å². The van der Waals surface area contributed by atoms with Gasteiger partial charge >= 0.3 is 0 Å². The molecule has 1 aromatic carbocycles. The fraction of sp³-hybridized carbons (Fsp3) is 0.526. The Morgan fingerprint density at radius 2 is 2.28 bits per heavy atom. The van der Waals surface area contributed by atoms with Gasteiger partial charge in [-0.3, -0.25) is 9.59 Å². The Labute approximate surface area is 149 Å². The molecule has 3 N–H and O–H groups in total. The highest BCUT2D eigenvalue weighted by molar-refractivity contribution is 5.98. The van der Waals surface area contributed by atoms with E-state index >= 15 is 0 Å². The van der Waals surface area contributed by atoms with Crippen molar-refractivity contribution < 1.29 is 9.59 Å². The zero-order valence-corrected chi connectivity index (χ0v) is 14.7. The summed E-state index contributed by atoms with van der Waals surface area (Å²) < 4.78 is 0.